The Morgan fingerprint density at radius 3 is 2.36 bits per heavy atom. The van der Waals surface area contributed by atoms with Gasteiger partial charge >= 0.3 is 6.18 Å². The van der Waals surface area contributed by atoms with Gasteiger partial charge in [-0.2, -0.15) is 18.2 Å². The molecule has 0 aromatic carbocycles. The van der Waals surface area contributed by atoms with Crippen LogP contribution in [0, 0.1) is 6.92 Å². The Bertz CT molecular complexity index is 1090. The van der Waals surface area contributed by atoms with E-state index in [1.165, 1.54) is 13.8 Å². The van der Waals surface area contributed by atoms with Crippen LogP contribution in [0.4, 0.5) is 22.0 Å². The number of aliphatic hydroxyl groups is 1. The molecule has 0 radical (unpaired) electrons. The number of aryl methyl sites for hydroxylation is 1. The summed E-state index contributed by atoms with van der Waals surface area (Å²) < 4.78 is 71.9. The van der Waals surface area contributed by atoms with Crippen molar-refractivity contribution in [3.63, 3.8) is 0 Å². The lowest BCUT2D eigenvalue weighted by Gasteiger charge is -2.19. The number of hydrogen-bond acceptors (Lipinski definition) is 7. The number of carbonyl (C=O) groups is 2. The molecule has 2 rings (SSSR count). The lowest BCUT2D eigenvalue weighted by molar-refractivity contribution is -0.154. The minimum atomic E-state index is -4.66. The molecule has 0 fully saturated rings. The number of ether oxygens (including phenoxy) is 2. The number of Topliss-reactive ketones (excluding diaryl/α,β-unsaturated/α-hetero) is 1. The van der Waals surface area contributed by atoms with E-state index < -0.39 is 60.9 Å². The van der Waals surface area contributed by atoms with Crippen molar-refractivity contribution in [3.8, 4) is 11.8 Å². The lowest BCUT2D eigenvalue weighted by atomic mass is 9.98. The molecule has 0 aliphatic rings. The quantitative estimate of drug-likeness (QED) is 0.435. The highest BCUT2D eigenvalue weighted by molar-refractivity contribution is 5.96. The first kappa shape index (κ1) is 28.9. The first-order valence-corrected chi connectivity index (χ1v) is 10.7. The van der Waals surface area contributed by atoms with Crippen LogP contribution in [0.1, 0.15) is 54.1 Å². The van der Waals surface area contributed by atoms with Crippen molar-refractivity contribution in [1.82, 2.24) is 15.3 Å². The van der Waals surface area contributed by atoms with Gasteiger partial charge in [-0.1, -0.05) is 0 Å². The summed E-state index contributed by atoms with van der Waals surface area (Å²) in [4.78, 5) is 32.9. The molecule has 2 aromatic rings. The van der Waals surface area contributed by atoms with Gasteiger partial charge in [0, 0.05) is 17.5 Å². The maximum absolute atomic E-state index is 12.9. The van der Waals surface area contributed by atoms with Crippen LogP contribution in [0.3, 0.4) is 0 Å². The zero-order valence-corrected chi connectivity index (χ0v) is 19.9. The average molecular weight is 519 g/mol. The molecule has 0 bridgehead atoms. The smallest absolute Gasteiger partial charge is 0.422 e. The normalized spacial score (nSPS) is 12.9. The molecule has 0 saturated carbocycles. The number of halogens is 5. The third-order valence-corrected chi connectivity index (χ3v) is 4.71. The van der Waals surface area contributed by atoms with E-state index in [-0.39, 0.29) is 12.0 Å². The molecule has 2 aromatic heterocycles. The fourth-order valence-corrected chi connectivity index (χ4v) is 2.93. The Kier molecular flexibility index (Phi) is 9.30. The van der Waals surface area contributed by atoms with E-state index in [2.05, 4.69) is 20.0 Å². The summed E-state index contributed by atoms with van der Waals surface area (Å²) in [5.41, 5.74) is -0.385. The van der Waals surface area contributed by atoms with Crippen molar-refractivity contribution in [1.29, 1.82) is 0 Å². The maximum Gasteiger partial charge on any atom is 0.422 e. The van der Waals surface area contributed by atoms with Crippen LogP contribution >= 0.6 is 0 Å². The number of alkyl halides is 5. The fraction of sp³-hybridized carbons (Fsp3) is 0.478. The third-order valence-electron chi connectivity index (χ3n) is 4.71. The molecule has 13 heteroatoms. The van der Waals surface area contributed by atoms with Crippen molar-refractivity contribution in [3.05, 3.63) is 46.8 Å². The van der Waals surface area contributed by atoms with Crippen LogP contribution in [-0.2, 0) is 11.2 Å². The molecular weight excluding hydrogens is 493 g/mol. The second-order valence-electron chi connectivity index (χ2n) is 8.50. The molecule has 0 aliphatic heterocycles. The molecule has 198 valence electrons. The van der Waals surface area contributed by atoms with E-state index in [9.17, 15) is 36.6 Å². The fourth-order valence-electron chi connectivity index (χ4n) is 2.93. The molecule has 1 unspecified atom stereocenters. The second-order valence-corrected chi connectivity index (χ2v) is 8.50. The highest BCUT2D eigenvalue weighted by Crippen LogP contribution is 2.24. The molecule has 8 nitrogen and oxygen atoms in total. The summed E-state index contributed by atoms with van der Waals surface area (Å²) >= 11 is 0. The van der Waals surface area contributed by atoms with E-state index in [1.54, 1.807) is 26.0 Å². The van der Waals surface area contributed by atoms with Crippen molar-refractivity contribution >= 4 is 11.7 Å². The Morgan fingerprint density at radius 2 is 1.78 bits per heavy atom. The summed E-state index contributed by atoms with van der Waals surface area (Å²) in [6, 6.07) is 4.59. The predicted molar refractivity (Wildman–Crippen MR) is 117 cm³/mol. The number of amides is 1. The molecule has 1 atom stereocenters. The minimum absolute atomic E-state index is 0.145. The SMILES string of the molecule is Cc1cc(C(C)NC(=O)c2ccc(OCC(F)(F)F)nc2OCC(F)F)cc(CC(=O)C(C)(C)O)n1. The molecule has 1 amide bonds. The summed E-state index contributed by atoms with van der Waals surface area (Å²) in [5, 5.41) is 12.5. The highest BCUT2D eigenvalue weighted by atomic mass is 19.4. The molecule has 0 saturated heterocycles. The third kappa shape index (κ3) is 9.02. The zero-order valence-electron chi connectivity index (χ0n) is 19.9. The van der Waals surface area contributed by atoms with Crippen LogP contribution in [0.25, 0.3) is 0 Å². The highest BCUT2D eigenvalue weighted by Gasteiger charge is 2.29. The molecule has 0 spiro atoms. The number of aromatic nitrogens is 2. The van der Waals surface area contributed by atoms with Crippen LogP contribution in [0.15, 0.2) is 24.3 Å². The second kappa shape index (κ2) is 11.6. The van der Waals surface area contributed by atoms with Crippen molar-refractivity contribution in [2.45, 2.75) is 58.4 Å². The Morgan fingerprint density at radius 1 is 1.11 bits per heavy atom. The van der Waals surface area contributed by atoms with E-state index in [0.29, 0.717) is 17.0 Å². The monoisotopic (exact) mass is 519 g/mol. The van der Waals surface area contributed by atoms with Gasteiger partial charge in [-0.05, 0) is 51.5 Å². The predicted octanol–water partition coefficient (Wildman–Crippen LogP) is 3.74. The summed E-state index contributed by atoms with van der Waals surface area (Å²) in [7, 11) is 0. The number of hydrogen-bond donors (Lipinski definition) is 2. The Labute approximate surface area is 203 Å². The maximum atomic E-state index is 12.9. The van der Waals surface area contributed by atoms with E-state index in [0.717, 1.165) is 12.1 Å². The summed E-state index contributed by atoms with van der Waals surface area (Å²) in [6.07, 6.45) is -7.73. The van der Waals surface area contributed by atoms with Gasteiger partial charge < -0.3 is 19.9 Å². The van der Waals surface area contributed by atoms with Gasteiger partial charge in [0.05, 0.1) is 12.5 Å². The average Bonchev–Trinajstić information content (AvgIpc) is 2.74. The van der Waals surface area contributed by atoms with Gasteiger partial charge in [0.2, 0.25) is 11.8 Å². The van der Waals surface area contributed by atoms with E-state index in [4.69, 9.17) is 4.74 Å². The number of nitrogens with one attached hydrogen (secondary N) is 1. The van der Waals surface area contributed by atoms with Gasteiger partial charge in [0.25, 0.3) is 12.3 Å². The van der Waals surface area contributed by atoms with Crippen LogP contribution < -0.4 is 14.8 Å². The molecule has 2 heterocycles. The summed E-state index contributed by atoms with van der Waals surface area (Å²) in [5.74, 6) is -2.44. The van der Waals surface area contributed by atoms with Crippen LogP contribution in [-0.4, -0.2) is 58.2 Å². The van der Waals surface area contributed by atoms with Crippen LogP contribution in [0.2, 0.25) is 0 Å². The van der Waals surface area contributed by atoms with Crippen LogP contribution in [0.5, 0.6) is 11.8 Å². The van der Waals surface area contributed by atoms with Gasteiger partial charge in [-0.15, -0.1) is 0 Å². The largest absolute Gasteiger partial charge is 0.471 e. The molecule has 2 N–H and O–H groups in total. The number of pyridine rings is 2. The molecule has 0 aliphatic carbocycles. The number of nitrogens with zero attached hydrogens (tertiary/aromatic N) is 2. The van der Waals surface area contributed by atoms with E-state index in [1.807, 2.05) is 0 Å². The van der Waals surface area contributed by atoms with Gasteiger partial charge in [0.1, 0.15) is 11.2 Å². The Balaban J connectivity index is 2.24. The Hall–Kier alpha value is -3.35. The standard InChI is InChI=1S/C23H26F5N3O5/c1-12-7-14(8-15(29-12)9-17(32)22(3,4)34)13(2)30-20(33)16-5-6-19(36-11-23(26,27)28)31-21(16)35-10-18(24)25/h5-8,13,18,34H,9-11H2,1-4H3,(H,30,33). The van der Waals surface area contributed by atoms with E-state index >= 15 is 0 Å². The molecular formula is C23H26F5N3O5. The van der Waals surface area contributed by atoms with Crippen molar-refractivity contribution in [2.75, 3.05) is 13.2 Å². The zero-order chi connectivity index (χ0) is 27.3. The van der Waals surface area contributed by atoms with Gasteiger partial charge in [-0.3, -0.25) is 14.6 Å². The number of rotatable bonds is 11. The van der Waals surface area contributed by atoms with Crippen molar-refractivity contribution in [2.24, 2.45) is 0 Å². The number of carbonyl (C=O) groups excluding carboxylic acids is 2. The number of ketones is 1. The summed E-state index contributed by atoms with van der Waals surface area (Å²) in [6.45, 7) is 3.19. The first-order valence-electron chi connectivity index (χ1n) is 10.7. The topological polar surface area (TPSA) is 111 Å². The van der Waals surface area contributed by atoms with Gasteiger partial charge in [-0.25, -0.2) is 8.78 Å². The van der Waals surface area contributed by atoms with Crippen molar-refractivity contribution < 1.29 is 46.1 Å². The lowest BCUT2D eigenvalue weighted by Crippen LogP contribution is -2.33. The van der Waals surface area contributed by atoms with Gasteiger partial charge in [0.15, 0.2) is 19.0 Å². The molecule has 36 heavy (non-hydrogen) atoms. The first-order chi connectivity index (χ1) is 16.5. The minimum Gasteiger partial charge on any atom is -0.471 e.